The maximum Gasteiger partial charge on any atom is 0.416 e. The number of carbonyl (C=O) groups is 1. The third-order valence-corrected chi connectivity index (χ3v) is 5.25. The van der Waals surface area contributed by atoms with Gasteiger partial charge in [0, 0.05) is 10.9 Å². The van der Waals surface area contributed by atoms with E-state index in [0.717, 1.165) is 17.8 Å². The number of aryl methyl sites for hydroxylation is 1. The van der Waals surface area contributed by atoms with Gasteiger partial charge in [0.2, 0.25) is 0 Å². The van der Waals surface area contributed by atoms with Crippen molar-refractivity contribution < 1.29 is 22.4 Å². The number of para-hydroxylation sites is 1. The molecule has 2 aromatic carbocycles. The Labute approximate surface area is 174 Å². The van der Waals surface area contributed by atoms with Crippen LogP contribution in [0.1, 0.15) is 21.8 Å². The number of thiazole rings is 1. The second kappa shape index (κ2) is 7.79. The van der Waals surface area contributed by atoms with Gasteiger partial charge in [-0.1, -0.05) is 30.3 Å². The lowest BCUT2D eigenvalue weighted by molar-refractivity contribution is -0.137. The molecule has 0 aliphatic rings. The molecule has 0 spiro atoms. The molecule has 30 heavy (non-hydrogen) atoms. The fourth-order valence-electron chi connectivity index (χ4n) is 2.90. The molecule has 0 fully saturated rings. The van der Waals surface area contributed by atoms with Crippen LogP contribution in [0.15, 0.2) is 76.5 Å². The third kappa shape index (κ3) is 3.99. The van der Waals surface area contributed by atoms with E-state index in [1.54, 1.807) is 24.3 Å². The van der Waals surface area contributed by atoms with Crippen LogP contribution in [-0.4, -0.2) is 10.9 Å². The van der Waals surface area contributed by atoms with Crippen molar-refractivity contribution in [3.05, 3.63) is 89.1 Å². The van der Waals surface area contributed by atoms with Crippen LogP contribution < -0.4 is 4.90 Å². The maximum atomic E-state index is 13.2. The van der Waals surface area contributed by atoms with Crippen LogP contribution in [0, 0.1) is 6.92 Å². The highest BCUT2D eigenvalue weighted by Gasteiger charge is 2.31. The van der Waals surface area contributed by atoms with Crippen LogP contribution in [0.5, 0.6) is 0 Å². The molecule has 0 bridgehead atoms. The summed E-state index contributed by atoms with van der Waals surface area (Å²) < 4.78 is 44.7. The van der Waals surface area contributed by atoms with Gasteiger partial charge in [-0.05, 0) is 43.3 Å². The number of hydrogen-bond acceptors (Lipinski definition) is 4. The summed E-state index contributed by atoms with van der Waals surface area (Å²) in [5.74, 6) is -0.291. The standard InChI is InChI=1S/C22H15F3N2O2S/c1-14-13-30-21(26-14)27(17-8-3-2-4-9-17)20(28)19-11-10-18(29-19)15-6-5-7-16(12-15)22(23,24)25/h2-13H,1H3. The summed E-state index contributed by atoms with van der Waals surface area (Å²) in [4.78, 5) is 19.1. The number of anilines is 2. The van der Waals surface area contributed by atoms with Gasteiger partial charge in [-0.2, -0.15) is 13.2 Å². The van der Waals surface area contributed by atoms with Crippen LogP contribution in [0.2, 0.25) is 0 Å². The van der Waals surface area contributed by atoms with Crippen LogP contribution >= 0.6 is 11.3 Å². The van der Waals surface area contributed by atoms with E-state index in [2.05, 4.69) is 4.98 Å². The Hall–Kier alpha value is -3.39. The molecule has 0 aliphatic carbocycles. The van der Waals surface area contributed by atoms with Crippen molar-refractivity contribution in [3.63, 3.8) is 0 Å². The van der Waals surface area contributed by atoms with Crippen LogP contribution in [0.4, 0.5) is 24.0 Å². The van der Waals surface area contributed by atoms with E-state index in [1.807, 2.05) is 18.4 Å². The minimum atomic E-state index is -4.46. The largest absolute Gasteiger partial charge is 0.451 e. The van der Waals surface area contributed by atoms with Crippen molar-refractivity contribution >= 4 is 28.1 Å². The van der Waals surface area contributed by atoms with Gasteiger partial charge in [0.15, 0.2) is 10.9 Å². The number of carbonyl (C=O) groups excluding carboxylic acids is 1. The summed E-state index contributed by atoms with van der Waals surface area (Å²) in [6.07, 6.45) is -4.46. The zero-order valence-electron chi connectivity index (χ0n) is 15.7. The maximum absolute atomic E-state index is 13.2. The molecule has 8 heteroatoms. The lowest BCUT2D eigenvalue weighted by Crippen LogP contribution is -2.25. The second-order valence-electron chi connectivity index (χ2n) is 6.49. The van der Waals surface area contributed by atoms with Gasteiger partial charge in [-0.15, -0.1) is 11.3 Å². The SMILES string of the molecule is Cc1csc(N(C(=O)c2ccc(-c3cccc(C(F)(F)F)c3)o2)c2ccccc2)n1. The van der Waals surface area contributed by atoms with Gasteiger partial charge in [0.25, 0.3) is 5.91 Å². The highest BCUT2D eigenvalue weighted by atomic mass is 32.1. The first kappa shape index (κ1) is 19.9. The normalized spacial score (nSPS) is 11.5. The smallest absolute Gasteiger partial charge is 0.416 e. The van der Waals surface area contributed by atoms with Crippen LogP contribution in [-0.2, 0) is 6.18 Å². The van der Waals surface area contributed by atoms with Gasteiger partial charge in [-0.3, -0.25) is 4.79 Å². The number of nitrogens with zero attached hydrogens (tertiary/aromatic N) is 2. The number of benzene rings is 2. The van der Waals surface area contributed by atoms with E-state index in [-0.39, 0.29) is 17.1 Å². The fourth-order valence-corrected chi connectivity index (χ4v) is 3.72. The first-order valence-electron chi connectivity index (χ1n) is 8.92. The van der Waals surface area contributed by atoms with Gasteiger partial charge < -0.3 is 4.42 Å². The Morgan fingerprint density at radius 2 is 1.80 bits per heavy atom. The molecule has 1 amide bonds. The molecule has 0 aliphatic heterocycles. The molecule has 0 saturated carbocycles. The summed E-state index contributed by atoms with van der Waals surface area (Å²) in [6, 6.07) is 16.7. The number of rotatable bonds is 4. The predicted molar refractivity (Wildman–Crippen MR) is 109 cm³/mol. The highest BCUT2D eigenvalue weighted by molar-refractivity contribution is 7.14. The zero-order chi connectivity index (χ0) is 21.3. The average molecular weight is 428 g/mol. The molecule has 4 rings (SSSR count). The fraction of sp³-hybridized carbons (Fsp3) is 0.0909. The van der Waals surface area contributed by atoms with Gasteiger partial charge >= 0.3 is 6.18 Å². The molecule has 4 aromatic rings. The van der Waals surface area contributed by atoms with Crippen molar-refractivity contribution in [3.8, 4) is 11.3 Å². The lowest BCUT2D eigenvalue weighted by Gasteiger charge is -2.18. The monoisotopic (exact) mass is 428 g/mol. The van der Waals surface area contributed by atoms with Crippen molar-refractivity contribution in [2.75, 3.05) is 4.90 Å². The van der Waals surface area contributed by atoms with Crippen molar-refractivity contribution in [1.29, 1.82) is 0 Å². The molecular formula is C22H15F3N2O2S. The number of aromatic nitrogens is 1. The molecule has 152 valence electrons. The summed E-state index contributed by atoms with van der Waals surface area (Å²) in [7, 11) is 0. The summed E-state index contributed by atoms with van der Waals surface area (Å²) in [5, 5.41) is 2.30. The van der Waals surface area contributed by atoms with E-state index in [9.17, 15) is 18.0 Å². The van der Waals surface area contributed by atoms with Gasteiger partial charge in [0.1, 0.15) is 5.76 Å². The summed E-state index contributed by atoms with van der Waals surface area (Å²) in [6.45, 7) is 1.83. The van der Waals surface area contributed by atoms with Crippen LogP contribution in [0.25, 0.3) is 11.3 Å². The minimum absolute atomic E-state index is 0.000817. The van der Waals surface area contributed by atoms with E-state index >= 15 is 0 Å². The number of amides is 1. The molecule has 0 atom stereocenters. The lowest BCUT2D eigenvalue weighted by atomic mass is 10.1. The second-order valence-corrected chi connectivity index (χ2v) is 7.33. The summed E-state index contributed by atoms with van der Waals surface area (Å²) in [5.41, 5.74) is 0.829. The Morgan fingerprint density at radius 3 is 2.47 bits per heavy atom. The Bertz CT molecular complexity index is 1180. The number of halogens is 3. The number of alkyl halides is 3. The summed E-state index contributed by atoms with van der Waals surface area (Å²) >= 11 is 1.31. The zero-order valence-corrected chi connectivity index (χ0v) is 16.5. The molecule has 0 N–H and O–H groups in total. The van der Waals surface area contributed by atoms with Crippen molar-refractivity contribution in [1.82, 2.24) is 4.98 Å². The number of hydrogen-bond donors (Lipinski definition) is 0. The van der Waals surface area contributed by atoms with E-state index in [1.165, 1.54) is 40.5 Å². The van der Waals surface area contributed by atoms with E-state index < -0.39 is 17.6 Å². The van der Waals surface area contributed by atoms with Gasteiger partial charge in [0.05, 0.1) is 16.9 Å². The topological polar surface area (TPSA) is 46.3 Å². The molecule has 4 nitrogen and oxygen atoms in total. The molecule has 0 saturated heterocycles. The highest BCUT2D eigenvalue weighted by Crippen LogP contribution is 2.34. The molecular weight excluding hydrogens is 413 g/mol. The molecule has 0 unspecified atom stereocenters. The van der Waals surface area contributed by atoms with Crippen LogP contribution in [0.3, 0.4) is 0 Å². The predicted octanol–water partition coefficient (Wildman–Crippen LogP) is 6.71. The minimum Gasteiger partial charge on any atom is -0.451 e. The third-order valence-electron chi connectivity index (χ3n) is 4.31. The Balaban J connectivity index is 1.70. The van der Waals surface area contributed by atoms with Gasteiger partial charge in [-0.25, -0.2) is 9.88 Å². The van der Waals surface area contributed by atoms with Crippen molar-refractivity contribution in [2.24, 2.45) is 0 Å². The van der Waals surface area contributed by atoms with Crippen molar-refractivity contribution in [2.45, 2.75) is 13.1 Å². The van der Waals surface area contributed by atoms with E-state index in [0.29, 0.717) is 10.8 Å². The average Bonchev–Trinajstić information content (AvgIpc) is 3.38. The first-order valence-corrected chi connectivity index (χ1v) is 9.80. The molecule has 2 heterocycles. The van der Waals surface area contributed by atoms with E-state index in [4.69, 9.17) is 4.42 Å². The molecule has 0 radical (unpaired) electrons. The Kier molecular flexibility index (Phi) is 5.17. The first-order chi connectivity index (χ1) is 14.3. The Morgan fingerprint density at radius 1 is 1.03 bits per heavy atom. The quantitative estimate of drug-likeness (QED) is 0.363. The molecule has 2 aromatic heterocycles. The number of furan rings is 1.